The van der Waals surface area contributed by atoms with E-state index in [-0.39, 0.29) is 5.41 Å². The van der Waals surface area contributed by atoms with Crippen molar-refractivity contribution in [2.24, 2.45) is 0 Å². The number of ether oxygens (including phenoxy) is 4. The van der Waals surface area contributed by atoms with E-state index in [4.69, 9.17) is 18.9 Å². The van der Waals surface area contributed by atoms with Crippen molar-refractivity contribution in [2.75, 3.05) is 26.4 Å². The summed E-state index contributed by atoms with van der Waals surface area (Å²) in [6, 6.07) is 17.1. The first-order valence-corrected chi connectivity index (χ1v) is 14.8. The van der Waals surface area contributed by atoms with E-state index < -0.39 is 0 Å². The molecular weight excluding hydrogens is 460 g/mol. The van der Waals surface area contributed by atoms with Crippen molar-refractivity contribution < 1.29 is 18.9 Å². The average Bonchev–Trinajstić information content (AvgIpc) is 2.94. The van der Waals surface area contributed by atoms with Crippen LogP contribution in [0.4, 0.5) is 0 Å². The molecule has 2 fully saturated rings. The SMILES string of the molecule is CC(C)(c1ccc(OCCCOC2CCCCC2)cc1)c1ccc(OCCCOC2CCCCC2)cc1. The van der Waals surface area contributed by atoms with Crippen LogP contribution in [0, 0.1) is 0 Å². The molecule has 0 spiro atoms. The molecule has 4 heteroatoms. The van der Waals surface area contributed by atoms with Gasteiger partial charge in [0.2, 0.25) is 0 Å². The molecule has 204 valence electrons. The molecule has 37 heavy (non-hydrogen) atoms. The van der Waals surface area contributed by atoms with Crippen molar-refractivity contribution in [3.8, 4) is 11.5 Å². The van der Waals surface area contributed by atoms with Gasteiger partial charge in [-0.3, -0.25) is 0 Å². The zero-order valence-electron chi connectivity index (χ0n) is 23.2. The molecule has 0 aliphatic heterocycles. The van der Waals surface area contributed by atoms with Crippen molar-refractivity contribution in [3.05, 3.63) is 59.7 Å². The van der Waals surface area contributed by atoms with Gasteiger partial charge in [-0.1, -0.05) is 76.6 Å². The van der Waals surface area contributed by atoms with Crippen LogP contribution in [0.2, 0.25) is 0 Å². The predicted octanol–water partition coefficient (Wildman–Crippen LogP) is 8.25. The highest BCUT2D eigenvalue weighted by molar-refractivity contribution is 5.41. The molecule has 2 aliphatic carbocycles. The van der Waals surface area contributed by atoms with Crippen LogP contribution in [0.25, 0.3) is 0 Å². The molecule has 2 saturated carbocycles. The Balaban J connectivity index is 1.15. The first-order chi connectivity index (χ1) is 18.1. The molecule has 2 aromatic rings. The summed E-state index contributed by atoms with van der Waals surface area (Å²) in [5.74, 6) is 1.85. The summed E-state index contributed by atoms with van der Waals surface area (Å²) in [6.07, 6.45) is 15.7. The highest BCUT2D eigenvalue weighted by atomic mass is 16.5. The van der Waals surface area contributed by atoms with E-state index in [0.29, 0.717) is 25.4 Å². The van der Waals surface area contributed by atoms with Crippen LogP contribution in [-0.2, 0) is 14.9 Å². The number of benzene rings is 2. The van der Waals surface area contributed by atoms with Gasteiger partial charge in [0.15, 0.2) is 0 Å². The van der Waals surface area contributed by atoms with E-state index in [0.717, 1.165) is 37.6 Å². The summed E-state index contributed by atoms with van der Waals surface area (Å²) in [5, 5.41) is 0. The minimum atomic E-state index is -0.0985. The summed E-state index contributed by atoms with van der Waals surface area (Å²) in [5.41, 5.74) is 2.45. The van der Waals surface area contributed by atoms with Crippen LogP contribution < -0.4 is 9.47 Å². The van der Waals surface area contributed by atoms with Gasteiger partial charge in [0.1, 0.15) is 11.5 Å². The fourth-order valence-corrected chi connectivity index (χ4v) is 5.56. The average molecular weight is 509 g/mol. The third-order valence-electron chi connectivity index (χ3n) is 8.08. The van der Waals surface area contributed by atoms with Gasteiger partial charge in [0.25, 0.3) is 0 Å². The molecule has 2 aromatic carbocycles. The van der Waals surface area contributed by atoms with Crippen molar-refractivity contribution in [1.29, 1.82) is 0 Å². The largest absolute Gasteiger partial charge is 0.494 e. The molecule has 4 rings (SSSR count). The summed E-state index contributed by atoms with van der Waals surface area (Å²) in [6.45, 7) is 7.52. The Bertz CT molecular complexity index is 804. The Hall–Kier alpha value is -2.04. The van der Waals surface area contributed by atoms with Gasteiger partial charge in [-0.05, 0) is 61.1 Å². The second kappa shape index (κ2) is 14.8. The van der Waals surface area contributed by atoms with Gasteiger partial charge < -0.3 is 18.9 Å². The van der Waals surface area contributed by atoms with Gasteiger partial charge in [0, 0.05) is 18.3 Å². The highest BCUT2D eigenvalue weighted by Gasteiger charge is 2.23. The predicted molar refractivity (Wildman–Crippen MR) is 151 cm³/mol. The second-order valence-corrected chi connectivity index (χ2v) is 11.3. The van der Waals surface area contributed by atoms with Crippen LogP contribution in [0.1, 0.15) is 102 Å². The summed E-state index contributed by atoms with van der Waals surface area (Å²) >= 11 is 0. The minimum absolute atomic E-state index is 0.0985. The summed E-state index contributed by atoms with van der Waals surface area (Å²) in [4.78, 5) is 0. The van der Waals surface area contributed by atoms with Crippen LogP contribution >= 0.6 is 0 Å². The molecule has 0 radical (unpaired) electrons. The Kier molecular flexibility index (Phi) is 11.2. The van der Waals surface area contributed by atoms with Gasteiger partial charge in [-0.15, -0.1) is 0 Å². The van der Waals surface area contributed by atoms with Gasteiger partial charge in [-0.25, -0.2) is 0 Å². The Labute approximate surface area is 225 Å². The molecule has 0 amide bonds. The maximum absolute atomic E-state index is 6.00. The summed E-state index contributed by atoms with van der Waals surface area (Å²) in [7, 11) is 0. The van der Waals surface area contributed by atoms with Crippen molar-refractivity contribution >= 4 is 0 Å². The van der Waals surface area contributed by atoms with E-state index in [1.807, 2.05) is 0 Å². The first-order valence-electron chi connectivity index (χ1n) is 14.8. The monoisotopic (exact) mass is 508 g/mol. The zero-order valence-corrected chi connectivity index (χ0v) is 23.2. The van der Waals surface area contributed by atoms with Crippen LogP contribution in [0.5, 0.6) is 11.5 Å². The molecule has 0 saturated heterocycles. The molecule has 2 aliphatic rings. The third-order valence-corrected chi connectivity index (χ3v) is 8.08. The Morgan fingerprint density at radius 3 is 1.30 bits per heavy atom. The van der Waals surface area contributed by atoms with E-state index in [1.165, 1.54) is 75.3 Å². The van der Waals surface area contributed by atoms with E-state index >= 15 is 0 Å². The van der Waals surface area contributed by atoms with Gasteiger partial charge in [-0.2, -0.15) is 0 Å². The molecule has 0 bridgehead atoms. The van der Waals surface area contributed by atoms with E-state index in [2.05, 4.69) is 62.4 Å². The number of hydrogen-bond donors (Lipinski definition) is 0. The van der Waals surface area contributed by atoms with Crippen molar-refractivity contribution in [2.45, 2.75) is 109 Å². The maximum Gasteiger partial charge on any atom is 0.119 e. The molecule has 0 N–H and O–H groups in total. The Morgan fingerprint density at radius 1 is 0.541 bits per heavy atom. The number of hydrogen-bond acceptors (Lipinski definition) is 4. The fraction of sp³-hybridized carbons (Fsp3) is 0.636. The lowest BCUT2D eigenvalue weighted by Crippen LogP contribution is -2.19. The van der Waals surface area contributed by atoms with Gasteiger partial charge in [0.05, 0.1) is 38.6 Å². The van der Waals surface area contributed by atoms with Crippen LogP contribution in [0.3, 0.4) is 0 Å². The standard InChI is InChI=1S/C33H48O4/c1-33(2,27-15-19-31(20-16-27)36-25-9-23-34-29-11-5-3-6-12-29)28-17-21-32(22-18-28)37-26-10-24-35-30-13-7-4-8-14-30/h15-22,29-30H,3-14,23-26H2,1-2H3. The van der Waals surface area contributed by atoms with E-state index in [9.17, 15) is 0 Å². The number of rotatable bonds is 14. The van der Waals surface area contributed by atoms with Crippen molar-refractivity contribution in [3.63, 3.8) is 0 Å². The van der Waals surface area contributed by atoms with E-state index in [1.54, 1.807) is 0 Å². The van der Waals surface area contributed by atoms with Crippen LogP contribution in [0.15, 0.2) is 48.5 Å². The zero-order chi connectivity index (χ0) is 25.8. The molecule has 0 heterocycles. The van der Waals surface area contributed by atoms with Crippen molar-refractivity contribution in [1.82, 2.24) is 0 Å². The topological polar surface area (TPSA) is 36.9 Å². The highest BCUT2D eigenvalue weighted by Crippen LogP contribution is 2.33. The fourth-order valence-electron chi connectivity index (χ4n) is 5.56. The molecule has 4 nitrogen and oxygen atoms in total. The van der Waals surface area contributed by atoms with Crippen LogP contribution in [-0.4, -0.2) is 38.6 Å². The molecule has 0 aromatic heterocycles. The first kappa shape index (κ1) is 28.0. The Morgan fingerprint density at radius 2 is 0.919 bits per heavy atom. The third kappa shape index (κ3) is 9.04. The lowest BCUT2D eigenvalue weighted by Gasteiger charge is -2.26. The minimum Gasteiger partial charge on any atom is -0.494 e. The second-order valence-electron chi connectivity index (χ2n) is 11.3. The normalized spacial score (nSPS) is 17.6. The molecule has 0 unspecified atom stereocenters. The lowest BCUT2D eigenvalue weighted by atomic mass is 9.78. The molecule has 0 atom stereocenters. The van der Waals surface area contributed by atoms with Gasteiger partial charge >= 0.3 is 0 Å². The summed E-state index contributed by atoms with van der Waals surface area (Å²) < 4.78 is 23.9. The lowest BCUT2D eigenvalue weighted by molar-refractivity contribution is 0.0224. The quantitative estimate of drug-likeness (QED) is 0.241. The maximum atomic E-state index is 6.00. The molecular formula is C33H48O4. The smallest absolute Gasteiger partial charge is 0.119 e.